The number of halogens is 2. The van der Waals surface area contributed by atoms with Crippen molar-refractivity contribution in [3.8, 4) is 6.07 Å². The fraction of sp³-hybridized carbons (Fsp3) is 0.750. The van der Waals surface area contributed by atoms with Crippen molar-refractivity contribution in [1.82, 2.24) is 4.90 Å². The van der Waals surface area contributed by atoms with Crippen LogP contribution in [0.5, 0.6) is 0 Å². The molecule has 1 aliphatic rings. The van der Waals surface area contributed by atoms with Crippen LogP contribution in [0.15, 0.2) is 0 Å². The summed E-state index contributed by atoms with van der Waals surface area (Å²) in [5.41, 5.74) is 0. The summed E-state index contributed by atoms with van der Waals surface area (Å²) in [5, 5.41) is 8.54. The molecule has 1 heterocycles. The van der Waals surface area contributed by atoms with E-state index < -0.39 is 24.9 Å². The molecule has 1 atom stereocenters. The van der Waals surface area contributed by atoms with Crippen LogP contribution in [0.1, 0.15) is 19.8 Å². The predicted molar refractivity (Wildman–Crippen MR) is 41.0 cm³/mol. The Bertz CT molecular complexity index is 259. The highest BCUT2D eigenvalue weighted by atomic mass is 19.3. The summed E-state index contributed by atoms with van der Waals surface area (Å²) >= 11 is 0. The van der Waals surface area contributed by atoms with Crippen molar-refractivity contribution in [3.63, 3.8) is 0 Å². The molecule has 1 saturated heterocycles. The zero-order valence-corrected chi connectivity index (χ0v) is 7.26. The summed E-state index contributed by atoms with van der Waals surface area (Å²) in [6, 6.07) is 0.754. The van der Waals surface area contributed by atoms with Gasteiger partial charge in [-0.2, -0.15) is 5.26 Å². The maximum absolute atomic E-state index is 12.8. The van der Waals surface area contributed by atoms with E-state index in [1.54, 1.807) is 13.0 Å². The molecule has 1 fully saturated rings. The van der Waals surface area contributed by atoms with E-state index in [-0.39, 0.29) is 12.3 Å². The highest BCUT2D eigenvalue weighted by molar-refractivity contribution is 5.77. The quantitative estimate of drug-likeness (QED) is 0.619. The van der Waals surface area contributed by atoms with Crippen LogP contribution in [0.2, 0.25) is 0 Å². The lowest BCUT2D eigenvalue weighted by atomic mass is 10.2. The molecule has 0 aromatic carbocycles. The van der Waals surface area contributed by atoms with Gasteiger partial charge in [-0.15, -0.1) is 0 Å². The molecule has 0 radical (unpaired) electrons. The minimum absolute atomic E-state index is 0.161. The molecule has 72 valence electrons. The third kappa shape index (κ3) is 1.94. The summed E-state index contributed by atoms with van der Waals surface area (Å²) in [5.74, 6) is -3.28. The smallest absolute Gasteiger partial charge is 0.268 e. The highest BCUT2D eigenvalue weighted by Crippen LogP contribution is 2.31. The van der Waals surface area contributed by atoms with Crippen molar-refractivity contribution in [3.05, 3.63) is 0 Å². The van der Waals surface area contributed by atoms with Gasteiger partial charge in [0.05, 0.1) is 12.6 Å². The first kappa shape index (κ1) is 9.90. The lowest BCUT2D eigenvalue weighted by Crippen LogP contribution is -2.35. The van der Waals surface area contributed by atoms with Crippen molar-refractivity contribution in [1.29, 1.82) is 5.26 Å². The van der Waals surface area contributed by atoms with Crippen molar-refractivity contribution in [2.45, 2.75) is 31.7 Å². The number of carbonyl (C=O) groups excluding carboxylic acids is 1. The average molecular weight is 188 g/mol. The first-order valence-corrected chi connectivity index (χ1v) is 4.07. The Labute approximate surface area is 74.9 Å². The van der Waals surface area contributed by atoms with Gasteiger partial charge < -0.3 is 4.90 Å². The van der Waals surface area contributed by atoms with Crippen molar-refractivity contribution in [2.24, 2.45) is 0 Å². The number of nitrogens with zero attached hydrogens (tertiary/aromatic N) is 2. The number of amides is 1. The van der Waals surface area contributed by atoms with E-state index >= 15 is 0 Å². The minimum Gasteiger partial charge on any atom is -0.320 e. The van der Waals surface area contributed by atoms with Gasteiger partial charge in [-0.25, -0.2) is 8.78 Å². The zero-order chi connectivity index (χ0) is 10.1. The van der Waals surface area contributed by atoms with Gasteiger partial charge in [0, 0.05) is 12.8 Å². The Morgan fingerprint density at radius 1 is 1.77 bits per heavy atom. The molecule has 1 rings (SSSR count). The van der Waals surface area contributed by atoms with E-state index in [2.05, 4.69) is 0 Å². The SMILES string of the molecule is CCC(=O)N1CC(F)(F)C[C@H]1C#N. The van der Waals surface area contributed by atoms with Gasteiger partial charge in [0.15, 0.2) is 0 Å². The third-order valence-corrected chi connectivity index (χ3v) is 2.04. The van der Waals surface area contributed by atoms with Crippen molar-refractivity contribution in [2.75, 3.05) is 6.54 Å². The second-order valence-corrected chi connectivity index (χ2v) is 3.08. The Balaban J connectivity index is 2.76. The standard InChI is InChI=1S/C8H10F2N2O/c1-2-7(13)12-5-8(9,10)3-6(12)4-11/h6H,2-3,5H2,1H3/t6-/m0/s1. The Morgan fingerprint density at radius 3 is 2.85 bits per heavy atom. The monoisotopic (exact) mass is 188 g/mol. The molecule has 5 heteroatoms. The van der Waals surface area contributed by atoms with E-state index in [0.717, 1.165) is 4.90 Å². The second kappa shape index (κ2) is 3.29. The van der Waals surface area contributed by atoms with Gasteiger partial charge in [0.1, 0.15) is 6.04 Å². The second-order valence-electron chi connectivity index (χ2n) is 3.08. The van der Waals surface area contributed by atoms with Crippen LogP contribution in [-0.2, 0) is 4.79 Å². The molecule has 0 spiro atoms. The van der Waals surface area contributed by atoms with E-state index in [1.807, 2.05) is 0 Å². The molecule has 0 bridgehead atoms. The summed E-state index contributed by atoms with van der Waals surface area (Å²) in [4.78, 5) is 12.1. The van der Waals surface area contributed by atoms with Gasteiger partial charge in [0.25, 0.3) is 5.92 Å². The van der Waals surface area contributed by atoms with Crippen LogP contribution in [0.3, 0.4) is 0 Å². The van der Waals surface area contributed by atoms with Crippen LogP contribution in [0.4, 0.5) is 8.78 Å². The van der Waals surface area contributed by atoms with Crippen LogP contribution in [0.25, 0.3) is 0 Å². The summed E-state index contributed by atoms with van der Waals surface area (Å²) in [6.45, 7) is 0.977. The lowest BCUT2D eigenvalue weighted by molar-refractivity contribution is -0.132. The van der Waals surface area contributed by atoms with Gasteiger partial charge >= 0.3 is 0 Å². The van der Waals surface area contributed by atoms with E-state index in [1.165, 1.54) is 0 Å². The molecule has 0 aromatic rings. The maximum Gasteiger partial charge on any atom is 0.268 e. The maximum atomic E-state index is 12.8. The minimum atomic E-state index is -2.90. The zero-order valence-electron chi connectivity index (χ0n) is 7.26. The molecule has 0 saturated carbocycles. The number of carbonyl (C=O) groups is 1. The molecule has 1 aliphatic heterocycles. The predicted octanol–water partition coefficient (Wildman–Crippen LogP) is 1.16. The van der Waals surface area contributed by atoms with Crippen LogP contribution < -0.4 is 0 Å². The first-order valence-electron chi connectivity index (χ1n) is 4.07. The molecule has 0 aromatic heterocycles. The van der Waals surface area contributed by atoms with Gasteiger partial charge in [-0.3, -0.25) is 4.79 Å². The van der Waals surface area contributed by atoms with Crippen LogP contribution >= 0.6 is 0 Å². The number of hydrogen-bond acceptors (Lipinski definition) is 2. The summed E-state index contributed by atoms with van der Waals surface area (Å²) in [6.07, 6.45) is -0.372. The molecular weight excluding hydrogens is 178 g/mol. The van der Waals surface area contributed by atoms with Crippen LogP contribution in [0, 0.1) is 11.3 Å². The molecule has 0 N–H and O–H groups in total. The fourth-order valence-electron chi connectivity index (χ4n) is 1.40. The van der Waals surface area contributed by atoms with Gasteiger partial charge in [-0.1, -0.05) is 6.92 Å². The molecule has 1 amide bonds. The van der Waals surface area contributed by atoms with E-state index in [4.69, 9.17) is 5.26 Å². The number of likely N-dealkylation sites (tertiary alicyclic amines) is 1. The number of rotatable bonds is 1. The number of alkyl halides is 2. The van der Waals surface area contributed by atoms with Crippen LogP contribution in [-0.4, -0.2) is 29.3 Å². The first-order chi connectivity index (χ1) is 6.00. The molecule has 0 unspecified atom stereocenters. The van der Waals surface area contributed by atoms with Gasteiger partial charge in [-0.05, 0) is 0 Å². The molecule has 3 nitrogen and oxygen atoms in total. The fourth-order valence-corrected chi connectivity index (χ4v) is 1.40. The average Bonchev–Trinajstić information content (AvgIpc) is 2.39. The van der Waals surface area contributed by atoms with E-state index in [9.17, 15) is 13.6 Å². The highest BCUT2D eigenvalue weighted by Gasteiger charge is 2.46. The number of nitriles is 1. The van der Waals surface area contributed by atoms with Crippen molar-refractivity contribution >= 4 is 5.91 Å². The molecule has 0 aliphatic carbocycles. The Kier molecular flexibility index (Phi) is 2.50. The largest absolute Gasteiger partial charge is 0.320 e. The summed E-state index contributed by atoms with van der Waals surface area (Å²) < 4.78 is 25.6. The lowest BCUT2D eigenvalue weighted by Gasteiger charge is -2.17. The Morgan fingerprint density at radius 2 is 2.38 bits per heavy atom. The number of hydrogen-bond donors (Lipinski definition) is 0. The third-order valence-electron chi connectivity index (χ3n) is 2.04. The topological polar surface area (TPSA) is 44.1 Å². The van der Waals surface area contributed by atoms with Crippen molar-refractivity contribution < 1.29 is 13.6 Å². The Hall–Kier alpha value is -1.18. The normalized spacial score (nSPS) is 25.7. The molecule has 13 heavy (non-hydrogen) atoms. The molecular formula is C8H10F2N2O. The van der Waals surface area contributed by atoms with Gasteiger partial charge in [0.2, 0.25) is 5.91 Å². The summed E-state index contributed by atoms with van der Waals surface area (Å²) in [7, 11) is 0. The van der Waals surface area contributed by atoms with E-state index in [0.29, 0.717) is 0 Å².